The lowest BCUT2D eigenvalue weighted by atomic mass is 9.76. The first kappa shape index (κ1) is 35.7. The molecule has 0 bridgehead atoms. The maximum absolute atomic E-state index is 15.5. The van der Waals surface area contributed by atoms with Gasteiger partial charge in [-0.05, 0) is 80.5 Å². The summed E-state index contributed by atoms with van der Waals surface area (Å²) >= 11 is 6.18. The van der Waals surface area contributed by atoms with Crippen molar-refractivity contribution < 1.29 is 31.9 Å². The number of anilines is 1. The summed E-state index contributed by atoms with van der Waals surface area (Å²) in [5.41, 5.74) is 1.29. The van der Waals surface area contributed by atoms with Gasteiger partial charge in [-0.2, -0.15) is 4.31 Å². The highest BCUT2D eigenvalue weighted by Gasteiger charge is 2.39. The van der Waals surface area contributed by atoms with Gasteiger partial charge in [-0.15, -0.1) is 0 Å². The molecule has 4 atom stereocenters. The largest absolute Gasteiger partial charge is 0.453 e. The molecule has 2 amide bonds. The van der Waals surface area contributed by atoms with E-state index in [1.54, 1.807) is 48.5 Å². The number of piperazine rings is 1. The van der Waals surface area contributed by atoms with Crippen LogP contribution in [0.3, 0.4) is 0 Å². The van der Waals surface area contributed by atoms with Crippen LogP contribution in [0.15, 0.2) is 77.7 Å². The van der Waals surface area contributed by atoms with Crippen molar-refractivity contribution in [3.8, 4) is 0 Å². The summed E-state index contributed by atoms with van der Waals surface area (Å²) in [6.45, 7) is 3.76. The van der Waals surface area contributed by atoms with Crippen LogP contribution in [0.1, 0.15) is 43.2 Å². The van der Waals surface area contributed by atoms with Gasteiger partial charge < -0.3 is 25.4 Å². The van der Waals surface area contributed by atoms with E-state index in [9.17, 15) is 18.0 Å². The molecule has 2 aliphatic heterocycles. The highest BCUT2D eigenvalue weighted by molar-refractivity contribution is 7.89. The van der Waals surface area contributed by atoms with Crippen LogP contribution in [-0.2, 0) is 30.7 Å². The Balaban J connectivity index is 1.42. The number of hydrogen-bond donors (Lipinski definition) is 3. The van der Waals surface area contributed by atoms with Gasteiger partial charge in [0.05, 0.1) is 12.0 Å². The molecule has 2 fully saturated rings. The number of sulfonamides is 1. The Morgan fingerprint density at radius 2 is 1.75 bits per heavy atom. The number of rotatable bonds is 11. The van der Waals surface area contributed by atoms with Crippen LogP contribution in [0, 0.1) is 11.7 Å². The van der Waals surface area contributed by atoms with Crippen molar-refractivity contribution in [3.05, 3.63) is 94.8 Å². The average molecular weight is 701 g/mol. The van der Waals surface area contributed by atoms with Crippen LogP contribution in [-0.4, -0.2) is 76.3 Å². The Morgan fingerprint density at radius 3 is 2.44 bits per heavy atom. The van der Waals surface area contributed by atoms with Gasteiger partial charge in [-0.3, -0.25) is 4.79 Å². The number of alkyl carbamates (subject to hydrolysis) is 1. The van der Waals surface area contributed by atoms with Gasteiger partial charge in [-0.25, -0.2) is 17.6 Å². The highest BCUT2D eigenvalue weighted by Crippen LogP contribution is 2.36. The van der Waals surface area contributed by atoms with Gasteiger partial charge in [0.2, 0.25) is 15.9 Å². The minimum Gasteiger partial charge on any atom is -0.453 e. The number of carbonyl (C=O) groups is 2. The summed E-state index contributed by atoms with van der Waals surface area (Å²) in [4.78, 5) is 27.0. The van der Waals surface area contributed by atoms with Crippen molar-refractivity contribution in [3.63, 3.8) is 0 Å². The molecule has 0 aliphatic carbocycles. The number of hydrogen-bond acceptors (Lipinski definition) is 7. The van der Waals surface area contributed by atoms with Gasteiger partial charge >= 0.3 is 6.09 Å². The zero-order valence-electron chi connectivity index (χ0n) is 27.0. The maximum atomic E-state index is 15.5. The van der Waals surface area contributed by atoms with Crippen molar-refractivity contribution in [2.75, 3.05) is 38.7 Å². The molecule has 10 nitrogen and oxygen atoms in total. The number of nitrogens with one attached hydrogen (secondary N) is 3. The SMILES string of the molecule is COC(=O)N[C@H](C(=O)Nc1cccc(F)c1CC[C@H]1CNC[C@H](C)N1S(=O)(=O)c1ccccc1)C(c1ccc(Cl)cc1)C1CCOCC1. The normalized spacial score (nSPS) is 20.4. The number of nitrogens with zero attached hydrogens (tertiary/aromatic N) is 1. The Kier molecular flexibility index (Phi) is 12.1. The Bertz CT molecular complexity index is 1660. The molecule has 13 heteroatoms. The lowest BCUT2D eigenvalue weighted by Gasteiger charge is -2.40. The maximum Gasteiger partial charge on any atom is 0.407 e. The fraction of sp³-hybridized carbons (Fsp3) is 0.429. The fourth-order valence-electron chi connectivity index (χ4n) is 6.83. The summed E-state index contributed by atoms with van der Waals surface area (Å²) in [6, 6.07) is 18.0. The first-order valence-corrected chi connectivity index (χ1v) is 18.0. The number of ether oxygens (including phenoxy) is 2. The molecular formula is C35H42ClFN4O6S. The van der Waals surface area contributed by atoms with Crippen LogP contribution in [0.4, 0.5) is 14.9 Å². The smallest absolute Gasteiger partial charge is 0.407 e. The molecule has 0 aromatic heterocycles. The van der Waals surface area contributed by atoms with E-state index in [1.807, 2.05) is 19.1 Å². The van der Waals surface area contributed by atoms with Crippen LogP contribution in [0.2, 0.25) is 5.02 Å². The molecule has 3 aromatic rings. The topological polar surface area (TPSA) is 126 Å². The molecule has 5 rings (SSSR count). The first-order chi connectivity index (χ1) is 23.1. The predicted molar refractivity (Wildman–Crippen MR) is 182 cm³/mol. The van der Waals surface area contributed by atoms with Gasteiger partial charge in [0.25, 0.3) is 0 Å². The zero-order chi connectivity index (χ0) is 34.3. The zero-order valence-corrected chi connectivity index (χ0v) is 28.6. The molecule has 1 unspecified atom stereocenters. The Labute approximate surface area is 286 Å². The standard InChI is InChI=1S/C35H42ClFN4O6S/c1-23-21-38-22-27(41(23)48(44,45)28-7-4-3-5-8-28)15-16-29-30(37)9-6-10-31(29)39-34(42)33(40-35(43)46-2)32(25-17-19-47-20-18-25)24-11-13-26(36)14-12-24/h3-14,23,25,27,32-33,38H,15-22H2,1-2H3,(H,39,42)(H,40,43)/t23-,27-,32?,33-/m0/s1. The second kappa shape index (κ2) is 16.2. The van der Waals surface area contributed by atoms with E-state index in [4.69, 9.17) is 21.1 Å². The van der Waals surface area contributed by atoms with E-state index >= 15 is 4.39 Å². The minimum absolute atomic E-state index is 0.0156. The van der Waals surface area contributed by atoms with Crippen molar-refractivity contribution in [1.82, 2.24) is 14.9 Å². The second-order valence-corrected chi connectivity index (χ2v) is 14.5. The quantitative estimate of drug-likeness (QED) is 0.247. The van der Waals surface area contributed by atoms with E-state index in [0.29, 0.717) is 50.6 Å². The van der Waals surface area contributed by atoms with Crippen LogP contribution < -0.4 is 16.0 Å². The summed E-state index contributed by atoms with van der Waals surface area (Å²) in [5, 5.41) is 9.46. The third kappa shape index (κ3) is 8.35. The molecule has 48 heavy (non-hydrogen) atoms. The third-order valence-corrected chi connectivity index (χ3v) is 11.5. The van der Waals surface area contributed by atoms with E-state index < -0.39 is 45.8 Å². The molecule has 2 aliphatic rings. The molecule has 2 heterocycles. The van der Waals surface area contributed by atoms with E-state index in [-0.39, 0.29) is 34.5 Å². The molecular weight excluding hydrogens is 659 g/mol. The van der Waals surface area contributed by atoms with Crippen molar-refractivity contribution in [1.29, 1.82) is 0 Å². The van der Waals surface area contributed by atoms with Crippen LogP contribution in [0.5, 0.6) is 0 Å². The Morgan fingerprint density at radius 1 is 1.04 bits per heavy atom. The predicted octanol–water partition coefficient (Wildman–Crippen LogP) is 5.34. The number of carbonyl (C=O) groups excluding carboxylic acids is 2. The number of halogens is 2. The summed E-state index contributed by atoms with van der Waals surface area (Å²) in [7, 11) is -2.59. The van der Waals surface area contributed by atoms with Crippen molar-refractivity contribution >= 4 is 39.3 Å². The van der Waals surface area contributed by atoms with Crippen molar-refractivity contribution in [2.45, 2.75) is 61.5 Å². The monoisotopic (exact) mass is 700 g/mol. The summed E-state index contributed by atoms with van der Waals surface area (Å²) < 4.78 is 55.0. The van der Waals surface area contributed by atoms with E-state index in [0.717, 1.165) is 5.56 Å². The summed E-state index contributed by atoms with van der Waals surface area (Å²) in [5.74, 6) is -1.55. The molecule has 258 valence electrons. The number of methoxy groups -OCH3 is 1. The Hall–Kier alpha value is -3.55. The van der Waals surface area contributed by atoms with Gasteiger partial charge in [-0.1, -0.05) is 48.0 Å². The van der Waals surface area contributed by atoms with Gasteiger partial charge in [0.15, 0.2) is 0 Å². The molecule has 3 aromatic carbocycles. The number of benzene rings is 3. The van der Waals surface area contributed by atoms with Crippen LogP contribution in [0.25, 0.3) is 0 Å². The van der Waals surface area contributed by atoms with Crippen molar-refractivity contribution in [2.24, 2.45) is 5.92 Å². The molecule has 2 saturated heterocycles. The number of amides is 2. The third-order valence-electron chi connectivity index (χ3n) is 9.17. The summed E-state index contributed by atoms with van der Waals surface area (Å²) in [6.07, 6.45) is 1.01. The lowest BCUT2D eigenvalue weighted by molar-refractivity contribution is -0.119. The van der Waals surface area contributed by atoms with Gasteiger partial charge in [0.1, 0.15) is 11.9 Å². The fourth-order valence-corrected chi connectivity index (χ4v) is 8.82. The van der Waals surface area contributed by atoms with Gasteiger partial charge in [0, 0.05) is 60.6 Å². The first-order valence-electron chi connectivity index (χ1n) is 16.2. The van der Waals surface area contributed by atoms with E-state index in [1.165, 1.54) is 23.5 Å². The van der Waals surface area contributed by atoms with Crippen LogP contribution >= 0.6 is 11.6 Å². The molecule has 0 spiro atoms. The second-order valence-electron chi connectivity index (χ2n) is 12.2. The molecule has 0 radical (unpaired) electrons. The van der Waals surface area contributed by atoms with E-state index in [2.05, 4.69) is 16.0 Å². The molecule has 3 N–H and O–H groups in total. The highest BCUT2D eigenvalue weighted by atomic mass is 35.5. The molecule has 0 saturated carbocycles. The lowest BCUT2D eigenvalue weighted by Crippen LogP contribution is -2.58. The minimum atomic E-state index is -3.82. The average Bonchev–Trinajstić information content (AvgIpc) is 3.09.